The van der Waals surface area contributed by atoms with Crippen molar-refractivity contribution in [3.05, 3.63) is 0 Å². The summed E-state index contributed by atoms with van der Waals surface area (Å²) in [5.74, 6) is -11.5. The van der Waals surface area contributed by atoms with E-state index in [1.807, 2.05) is 0 Å². The summed E-state index contributed by atoms with van der Waals surface area (Å²) in [4.78, 5) is 153. The lowest BCUT2D eigenvalue weighted by atomic mass is 10.1. The van der Waals surface area contributed by atoms with Crippen molar-refractivity contribution in [2.24, 2.45) is 38.7 Å². The van der Waals surface area contributed by atoms with Gasteiger partial charge in [-0.15, -0.1) is 0 Å². The number of hydrogen-bond acceptors (Lipinski definition) is 15. The molecule has 30 heteroatoms. The first kappa shape index (κ1) is 59.8. The van der Waals surface area contributed by atoms with E-state index in [9.17, 15) is 73.2 Å². The molecule has 0 aromatic rings. The van der Waals surface area contributed by atoms with Gasteiger partial charge < -0.3 is 90.8 Å². The van der Waals surface area contributed by atoms with Crippen molar-refractivity contribution < 1.29 is 73.2 Å². The quantitative estimate of drug-likeness (QED) is 0.0181. The number of nitrogens with two attached hydrogens (primary N) is 5. The molecule has 2 saturated heterocycles. The fraction of sp³-hybridized carbons (Fsp3) is 0.683. The molecule has 0 bridgehead atoms. The molecule has 0 aromatic carbocycles. The van der Waals surface area contributed by atoms with Gasteiger partial charge in [0.25, 0.3) is 0 Å². The van der Waals surface area contributed by atoms with Crippen LogP contribution in [-0.4, -0.2) is 194 Å². The van der Waals surface area contributed by atoms with Crippen molar-refractivity contribution in [3.63, 3.8) is 0 Å². The van der Waals surface area contributed by atoms with Crippen molar-refractivity contribution in [2.75, 3.05) is 32.8 Å². The van der Waals surface area contributed by atoms with Crippen LogP contribution < -0.4 is 60.6 Å². The lowest BCUT2D eigenvalue weighted by molar-refractivity contribution is -0.149. The van der Waals surface area contributed by atoms with Gasteiger partial charge in [0, 0.05) is 39.0 Å². The highest BCUT2D eigenvalue weighted by molar-refractivity contribution is 5.98. The predicted octanol–water partition coefficient (Wildman–Crippen LogP) is -6.84. The highest BCUT2D eigenvalue weighted by Crippen LogP contribution is 2.21. The van der Waals surface area contributed by atoms with Crippen LogP contribution in [0.15, 0.2) is 9.98 Å². The molecule has 0 aromatic heterocycles. The Balaban J connectivity index is 2.31. The molecule has 71 heavy (non-hydrogen) atoms. The third-order valence-electron chi connectivity index (χ3n) is 11.4. The van der Waals surface area contributed by atoms with E-state index in [4.69, 9.17) is 28.7 Å². The van der Waals surface area contributed by atoms with Crippen molar-refractivity contribution >= 4 is 77.1 Å². The van der Waals surface area contributed by atoms with E-state index in [0.717, 1.165) is 9.80 Å². The van der Waals surface area contributed by atoms with Crippen molar-refractivity contribution in [3.8, 4) is 0 Å². The molecule has 0 aliphatic carbocycles. The van der Waals surface area contributed by atoms with Crippen LogP contribution in [0.2, 0.25) is 0 Å². The average molecular weight is 1010 g/mol. The minimum atomic E-state index is -1.61. The number of carboxylic acids is 3. The number of carbonyl (C=O) groups is 11. The van der Waals surface area contributed by atoms with Crippen molar-refractivity contribution in [2.45, 2.75) is 145 Å². The molecule has 8 amide bonds. The summed E-state index contributed by atoms with van der Waals surface area (Å²) in [7, 11) is 0. The van der Waals surface area contributed by atoms with Crippen LogP contribution in [0.3, 0.4) is 0 Å². The second kappa shape index (κ2) is 29.6. The average Bonchev–Trinajstić information content (AvgIpc) is 4.01. The van der Waals surface area contributed by atoms with Crippen LogP contribution in [0, 0.1) is 0 Å². The highest BCUT2D eigenvalue weighted by Gasteiger charge is 2.41. The van der Waals surface area contributed by atoms with Crippen LogP contribution in [0.25, 0.3) is 0 Å². The molecule has 2 aliphatic heterocycles. The molecule has 0 saturated carbocycles. The number of nitrogens with one attached hydrogen (secondary N) is 6. The lowest BCUT2D eigenvalue weighted by Crippen LogP contribution is -2.59. The molecule has 2 fully saturated rings. The van der Waals surface area contributed by atoms with Gasteiger partial charge in [0.2, 0.25) is 47.3 Å². The Bertz CT molecular complexity index is 2000. The smallest absolute Gasteiger partial charge is 0.326 e. The summed E-state index contributed by atoms with van der Waals surface area (Å²) in [6, 6.07) is -12.4. The Morgan fingerprint density at radius 2 is 0.972 bits per heavy atom. The molecule has 2 aliphatic rings. The second-order valence-corrected chi connectivity index (χ2v) is 17.0. The zero-order valence-electron chi connectivity index (χ0n) is 39.7. The van der Waals surface area contributed by atoms with Crippen LogP contribution in [0.4, 0.5) is 0 Å². The SMILES string of the molecule is C[C@H](NC(=O)[C@H](CCC(=O)O)NC(=O)[C@@H]1CCCN1C(=O)[C@H](CCC(=O)O)NC(=O)[C@@H](N)CO)C(=O)N[C@@H](CCCN=C(N)N)C(=O)N[C@@H](CCCN=C(N)N)C(=O)N[C@@H](C)C(=O)N1CCC[C@H]1C(=O)O. The summed E-state index contributed by atoms with van der Waals surface area (Å²) in [5.41, 5.74) is 27.3. The standard InChI is InChI=1S/C41H69N15O15/c1-20(49-34(65)25(11-13-29(58)59)53-36(67)27-9-5-17-55(27)38(69)26(12-14-30(60)61)54-32(63)22(42)19-57)31(62)51-24(8-4-16-48-41(45)46)35(66)52-23(7-3-15-47-40(43)44)33(64)50-21(2)37(68)56-18-6-10-28(56)39(70)71/h20-28,57H,3-19,42H2,1-2H3,(H,49,65)(H,50,64)(H,51,62)(H,52,66)(H,53,67)(H,54,63)(H,58,59)(H,60,61)(H,70,71)(H4,43,44,47)(H4,45,46,48)/t20-,21-,22-,23-,24-,25-,26-,27-,28-/m0/s1. The number of hydrogen-bond donors (Lipinski definition) is 15. The van der Waals surface area contributed by atoms with E-state index >= 15 is 0 Å². The Morgan fingerprint density at radius 3 is 1.45 bits per heavy atom. The predicted molar refractivity (Wildman–Crippen MR) is 249 cm³/mol. The number of likely N-dealkylation sites (tertiary alicyclic amines) is 2. The number of aliphatic hydroxyl groups is 1. The summed E-state index contributed by atoms with van der Waals surface area (Å²) in [6.07, 6.45) is -1.13. The largest absolute Gasteiger partial charge is 0.481 e. The molecule has 20 N–H and O–H groups in total. The molecule has 0 radical (unpaired) electrons. The van der Waals surface area contributed by atoms with E-state index in [-0.39, 0.29) is 83.0 Å². The normalized spacial score (nSPS) is 18.1. The van der Waals surface area contributed by atoms with E-state index in [1.165, 1.54) is 13.8 Å². The number of carbonyl (C=O) groups excluding carboxylic acids is 8. The van der Waals surface area contributed by atoms with E-state index < -0.39 is 152 Å². The number of carboxylic acid groups (broad SMARTS) is 3. The van der Waals surface area contributed by atoms with E-state index in [1.54, 1.807) is 0 Å². The molecule has 30 nitrogen and oxygen atoms in total. The zero-order chi connectivity index (χ0) is 53.5. The summed E-state index contributed by atoms with van der Waals surface area (Å²) < 4.78 is 0. The molecular weight excluding hydrogens is 943 g/mol. The van der Waals surface area contributed by atoms with Crippen molar-refractivity contribution in [1.82, 2.24) is 41.7 Å². The van der Waals surface area contributed by atoms with E-state index in [0.29, 0.717) is 6.42 Å². The van der Waals surface area contributed by atoms with Gasteiger partial charge in [-0.3, -0.25) is 57.9 Å². The van der Waals surface area contributed by atoms with Gasteiger partial charge in [-0.05, 0) is 78.1 Å². The van der Waals surface area contributed by atoms with Gasteiger partial charge in [-0.25, -0.2) is 4.79 Å². The fourth-order valence-electron chi connectivity index (χ4n) is 7.60. The molecule has 0 spiro atoms. The zero-order valence-corrected chi connectivity index (χ0v) is 39.7. The first-order valence-electron chi connectivity index (χ1n) is 22.9. The third kappa shape index (κ3) is 20.2. The second-order valence-electron chi connectivity index (χ2n) is 17.0. The minimum Gasteiger partial charge on any atom is -0.481 e. The van der Waals surface area contributed by atoms with Gasteiger partial charge >= 0.3 is 17.9 Å². The van der Waals surface area contributed by atoms with E-state index in [2.05, 4.69) is 41.9 Å². The number of aliphatic imine (C=N–C) groups is 2. The maximum absolute atomic E-state index is 14.0. The van der Waals surface area contributed by atoms with Crippen LogP contribution >= 0.6 is 0 Å². The summed E-state index contributed by atoms with van der Waals surface area (Å²) >= 11 is 0. The molecule has 398 valence electrons. The lowest BCUT2D eigenvalue weighted by Gasteiger charge is -2.30. The first-order valence-corrected chi connectivity index (χ1v) is 22.9. The minimum absolute atomic E-state index is 0.00531. The van der Waals surface area contributed by atoms with Gasteiger partial charge in [0.05, 0.1) is 6.61 Å². The maximum atomic E-state index is 14.0. The molecule has 2 rings (SSSR count). The highest BCUT2D eigenvalue weighted by atomic mass is 16.4. The van der Waals surface area contributed by atoms with Gasteiger partial charge in [0.1, 0.15) is 54.4 Å². The Labute approximate surface area is 408 Å². The third-order valence-corrected chi connectivity index (χ3v) is 11.4. The number of guanidine groups is 2. The molecule has 0 unspecified atom stereocenters. The number of aliphatic hydroxyl groups excluding tert-OH is 1. The van der Waals surface area contributed by atoms with Gasteiger partial charge in [-0.1, -0.05) is 0 Å². The number of aliphatic carboxylic acids is 3. The topological polar surface area (TPSA) is 502 Å². The van der Waals surface area contributed by atoms with Crippen LogP contribution in [0.1, 0.15) is 90.9 Å². The maximum Gasteiger partial charge on any atom is 0.326 e. The monoisotopic (exact) mass is 1010 g/mol. The Morgan fingerprint density at radius 1 is 0.549 bits per heavy atom. The number of rotatable bonds is 30. The van der Waals surface area contributed by atoms with Crippen molar-refractivity contribution in [1.29, 1.82) is 0 Å². The number of nitrogens with zero attached hydrogens (tertiary/aromatic N) is 4. The number of amides is 8. The molecule has 9 atom stereocenters. The Hall–Kier alpha value is -7.37. The summed E-state index contributed by atoms with van der Waals surface area (Å²) in [5, 5.41) is 52.2. The van der Waals surface area contributed by atoms with Gasteiger partial charge in [0.15, 0.2) is 11.9 Å². The molecule has 2 heterocycles. The Kier molecular flexibility index (Phi) is 24.9. The van der Waals surface area contributed by atoms with Gasteiger partial charge in [-0.2, -0.15) is 0 Å². The summed E-state index contributed by atoms with van der Waals surface area (Å²) in [6.45, 7) is 1.94. The molecular formula is C41H69N15O15. The van der Waals surface area contributed by atoms with Crippen LogP contribution in [0.5, 0.6) is 0 Å². The van der Waals surface area contributed by atoms with Crippen LogP contribution in [-0.2, 0) is 52.7 Å². The first-order chi connectivity index (χ1) is 33.4. The fourth-order valence-corrected chi connectivity index (χ4v) is 7.60.